The van der Waals surface area contributed by atoms with Gasteiger partial charge >= 0.3 is 13.2 Å². The molecule has 8 nitrogen and oxygen atoms in total. The molecular weight excluding hydrogens is 466 g/mol. The Hall–Kier alpha value is -3.61. The summed E-state index contributed by atoms with van der Waals surface area (Å²) < 4.78 is 60.1. The molecule has 1 aromatic heterocycles. The Kier molecular flexibility index (Phi) is 8.24. The highest BCUT2D eigenvalue weighted by Crippen LogP contribution is 2.26. The molecule has 0 atom stereocenters. The van der Waals surface area contributed by atoms with Crippen molar-refractivity contribution in [3.8, 4) is 11.5 Å². The number of thioether (sulfide) groups is 1. The van der Waals surface area contributed by atoms with E-state index in [9.17, 15) is 22.4 Å². The molecule has 2 aromatic carbocycles. The molecule has 13 heteroatoms. The van der Waals surface area contributed by atoms with Crippen LogP contribution >= 0.6 is 11.8 Å². The molecule has 0 unspecified atom stereocenters. The number of amides is 1. The minimum absolute atomic E-state index is 0.0216. The van der Waals surface area contributed by atoms with Crippen LogP contribution < -0.4 is 14.9 Å². The Bertz CT molecular complexity index is 1110. The Morgan fingerprint density at radius 3 is 2.52 bits per heavy atom. The average Bonchev–Trinajstić information content (AvgIpc) is 3.18. The fraction of sp³-hybridized carbons (Fsp3) is 0.200. The lowest BCUT2D eigenvalue weighted by Gasteiger charge is -2.10. The van der Waals surface area contributed by atoms with Crippen molar-refractivity contribution in [3.63, 3.8) is 0 Å². The van der Waals surface area contributed by atoms with Crippen LogP contribution in [-0.4, -0.2) is 40.1 Å². The van der Waals surface area contributed by atoms with Crippen molar-refractivity contribution in [1.82, 2.24) is 20.2 Å². The number of nitrogens with zero attached hydrogens (tertiary/aromatic N) is 4. The fourth-order valence-electron chi connectivity index (χ4n) is 2.52. The summed E-state index contributed by atoms with van der Waals surface area (Å²) >= 11 is 1.49. The summed E-state index contributed by atoms with van der Waals surface area (Å²) in [5.41, 5.74) is 3.57. The van der Waals surface area contributed by atoms with Crippen LogP contribution in [0, 0.1) is 0 Å². The molecule has 0 bridgehead atoms. The number of carbonyl (C=O) groups is 1. The summed E-state index contributed by atoms with van der Waals surface area (Å²) in [6.45, 7) is -6.32. The van der Waals surface area contributed by atoms with Crippen LogP contribution in [0.1, 0.15) is 21.5 Å². The van der Waals surface area contributed by atoms with E-state index >= 15 is 0 Å². The Labute approximate surface area is 189 Å². The number of halogens is 4. The molecule has 0 saturated carbocycles. The molecule has 3 aromatic rings. The topological polar surface area (TPSA) is 90.6 Å². The molecule has 0 spiro atoms. The van der Waals surface area contributed by atoms with Gasteiger partial charge in [0.15, 0.2) is 5.16 Å². The summed E-state index contributed by atoms with van der Waals surface area (Å²) in [6, 6.07) is 9.97. The zero-order valence-corrected chi connectivity index (χ0v) is 17.8. The summed E-state index contributed by atoms with van der Waals surface area (Å²) in [6.07, 6.45) is 2.65. The van der Waals surface area contributed by atoms with Crippen LogP contribution in [0.5, 0.6) is 11.5 Å². The first-order chi connectivity index (χ1) is 15.8. The van der Waals surface area contributed by atoms with Crippen LogP contribution in [0.15, 0.2) is 59.0 Å². The number of aryl methyl sites for hydroxylation is 1. The van der Waals surface area contributed by atoms with Gasteiger partial charge in [0.2, 0.25) is 0 Å². The van der Waals surface area contributed by atoms with Gasteiger partial charge in [-0.3, -0.25) is 4.79 Å². The number of benzene rings is 2. The van der Waals surface area contributed by atoms with Crippen LogP contribution in [0.3, 0.4) is 0 Å². The number of hydrogen-bond acceptors (Lipinski definition) is 7. The van der Waals surface area contributed by atoms with E-state index in [-0.39, 0.29) is 11.3 Å². The van der Waals surface area contributed by atoms with Crippen molar-refractivity contribution in [2.45, 2.75) is 24.1 Å². The third-order valence-electron chi connectivity index (χ3n) is 4.05. The molecule has 1 N–H and O–H groups in total. The largest absolute Gasteiger partial charge is 0.435 e. The fourth-order valence-corrected chi connectivity index (χ4v) is 3.37. The lowest BCUT2D eigenvalue weighted by atomic mass is 10.1. The number of alkyl halides is 4. The lowest BCUT2D eigenvalue weighted by Crippen LogP contribution is -2.17. The lowest BCUT2D eigenvalue weighted by molar-refractivity contribution is -0.0543. The Balaban J connectivity index is 1.60. The second-order valence-electron chi connectivity index (χ2n) is 6.37. The van der Waals surface area contributed by atoms with Crippen LogP contribution in [0.25, 0.3) is 0 Å². The molecule has 0 fully saturated rings. The summed E-state index contributed by atoms with van der Waals surface area (Å²) in [5.74, 6) is -0.706. The molecule has 1 heterocycles. The molecule has 174 valence electrons. The highest BCUT2D eigenvalue weighted by molar-refractivity contribution is 7.98. The second-order valence-corrected chi connectivity index (χ2v) is 7.31. The molecule has 0 radical (unpaired) electrons. The predicted molar refractivity (Wildman–Crippen MR) is 112 cm³/mol. The number of nitrogens with one attached hydrogen (secondary N) is 1. The van der Waals surface area contributed by atoms with Crippen LogP contribution in [0.2, 0.25) is 0 Å². The molecule has 1 amide bonds. The van der Waals surface area contributed by atoms with Gasteiger partial charge in [0.1, 0.15) is 17.8 Å². The highest BCUT2D eigenvalue weighted by Gasteiger charge is 2.13. The predicted octanol–water partition coefficient (Wildman–Crippen LogP) is 4.07. The van der Waals surface area contributed by atoms with Gasteiger partial charge in [0.05, 0.1) is 6.21 Å². The Morgan fingerprint density at radius 2 is 1.88 bits per heavy atom. The minimum atomic E-state index is -3.20. The normalized spacial score (nSPS) is 11.4. The third-order valence-corrected chi connectivity index (χ3v) is 5.16. The first-order valence-electron chi connectivity index (χ1n) is 9.24. The molecule has 0 aliphatic rings. The number of rotatable bonds is 10. The van der Waals surface area contributed by atoms with E-state index in [1.807, 2.05) is 7.05 Å². The molecular formula is C20H17F4N5O3S. The third kappa shape index (κ3) is 7.20. The minimum Gasteiger partial charge on any atom is -0.435 e. The molecule has 0 aliphatic carbocycles. The number of carbonyl (C=O) groups excluding carboxylic acids is 1. The van der Waals surface area contributed by atoms with Gasteiger partial charge in [-0.15, -0.1) is 10.2 Å². The zero-order valence-electron chi connectivity index (χ0n) is 17.0. The van der Waals surface area contributed by atoms with Crippen molar-refractivity contribution >= 4 is 23.9 Å². The maximum atomic E-state index is 12.6. The first kappa shape index (κ1) is 24.0. The van der Waals surface area contributed by atoms with Gasteiger partial charge in [-0.05, 0) is 29.8 Å². The SMILES string of the molecule is Cn1cnnc1SCc1ccc(C(=O)N/N=C/c2ccc(OC(F)F)cc2OC(F)F)cc1. The highest BCUT2D eigenvalue weighted by atomic mass is 32.2. The smallest absolute Gasteiger partial charge is 0.387 e. The summed E-state index contributed by atoms with van der Waals surface area (Å²) in [4.78, 5) is 12.3. The monoisotopic (exact) mass is 483 g/mol. The Morgan fingerprint density at radius 1 is 1.15 bits per heavy atom. The summed E-state index contributed by atoms with van der Waals surface area (Å²) in [5, 5.41) is 12.3. The van der Waals surface area contributed by atoms with Crippen molar-refractivity contribution < 1.29 is 31.8 Å². The van der Waals surface area contributed by atoms with Crippen LogP contribution in [-0.2, 0) is 12.8 Å². The van der Waals surface area contributed by atoms with Crippen molar-refractivity contribution in [1.29, 1.82) is 0 Å². The van der Waals surface area contributed by atoms with E-state index in [1.54, 1.807) is 35.2 Å². The molecule has 0 saturated heterocycles. The maximum absolute atomic E-state index is 12.6. The van der Waals surface area contributed by atoms with E-state index < -0.39 is 24.9 Å². The quantitative estimate of drug-likeness (QED) is 0.202. The van der Waals surface area contributed by atoms with Crippen molar-refractivity contribution in [2.75, 3.05) is 0 Å². The van der Waals surface area contributed by atoms with Crippen LogP contribution in [0.4, 0.5) is 17.6 Å². The van der Waals surface area contributed by atoms with E-state index in [0.29, 0.717) is 11.3 Å². The van der Waals surface area contributed by atoms with E-state index in [2.05, 4.69) is 30.2 Å². The molecule has 33 heavy (non-hydrogen) atoms. The number of hydrogen-bond donors (Lipinski definition) is 1. The molecule has 0 aliphatic heterocycles. The van der Waals surface area contributed by atoms with Gasteiger partial charge in [0, 0.05) is 30.0 Å². The van der Waals surface area contributed by atoms with Gasteiger partial charge in [-0.1, -0.05) is 23.9 Å². The average molecular weight is 483 g/mol. The number of aromatic nitrogens is 3. The van der Waals surface area contributed by atoms with Crippen molar-refractivity contribution in [3.05, 3.63) is 65.5 Å². The first-order valence-corrected chi connectivity index (χ1v) is 10.2. The van der Waals surface area contributed by atoms with Gasteiger partial charge in [-0.2, -0.15) is 22.7 Å². The van der Waals surface area contributed by atoms with E-state index in [0.717, 1.165) is 29.1 Å². The van der Waals surface area contributed by atoms with Crippen molar-refractivity contribution in [2.24, 2.45) is 12.1 Å². The zero-order chi connectivity index (χ0) is 23.8. The van der Waals surface area contributed by atoms with E-state index in [4.69, 9.17) is 0 Å². The van der Waals surface area contributed by atoms with E-state index in [1.165, 1.54) is 17.8 Å². The number of ether oxygens (including phenoxy) is 2. The maximum Gasteiger partial charge on any atom is 0.387 e. The molecule has 3 rings (SSSR count). The van der Waals surface area contributed by atoms with Gasteiger partial charge < -0.3 is 14.0 Å². The summed E-state index contributed by atoms with van der Waals surface area (Å²) in [7, 11) is 1.84. The van der Waals surface area contributed by atoms with Gasteiger partial charge in [-0.25, -0.2) is 5.43 Å². The second kappa shape index (κ2) is 11.3. The number of hydrazone groups is 1. The standard InChI is InChI=1S/C20H17F4N5O3S/c1-29-11-26-28-20(29)33-10-12-2-4-13(5-3-12)17(30)27-25-9-14-6-7-15(31-18(21)22)8-16(14)32-19(23)24/h2-9,11,18-19H,10H2,1H3,(H,27,30)/b25-9+. The van der Waals surface area contributed by atoms with Gasteiger partial charge in [0.25, 0.3) is 5.91 Å².